The molecular weight excluding hydrogens is 534 g/mol. The van der Waals surface area contributed by atoms with Crippen LogP contribution < -0.4 is 25.8 Å². The number of amides is 2. The third-order valence-corrected chi connectivity index (χ3v) is 7.97. The number of benzene rings is 2. The van der Waals surface area contributed by atoms with Gasteiger partial charge in [-0.3, -0.25) is 4.79 Å². The van der Waals surface area contributed by atoms with Crippen LogP contribution in [0.25, 0.3) is 22.1 Å². The van der Waals surface area contributed by atoms with Gasteiger partial charge in [0.25, 0.3) is 5.91 Å². The molecule has 0 radical (unpaired) electrons. The molecule has 2 N–H and O–H groups in total. The first-order chi connectivity index (χ1) is 20.1. The molecule has 2 aliphatic rings. The van der Waals surface area contributed by atoms with E-state index in [9.17, 15) is 9.59 Å². The van der Waals surface area contributed by atoms with Gasteiger partial charge in [-0.2, -0.15) is 0 Å². The Labute approximate surface area is 246 Å². The van der Waals surface area contributed by atoms with Gasteiger partial charge in [0.2, 0.25) is 5.55 Å². The molecule has 1 spiro atoms. The summed E-state index contributed by atoms with van der Waals surface area (Å²) in [5, 5.41) is 7.84. The van der Waals surface area contributed by atoms with Crippen LogP contribution in [0, 0.1) is 0 Å². The third-order valence-electron chi connectivity index (χ3n) is 7.97. The summed E-state index contributed by atoms with van der Waals surface area (Å²) in [4.78, 5) is 25.2. The van der Waals surface area contributed by atoms with Gasteiger partial charge in [-0.25, -0.2) is 10.2 Å². The summed E-state index contributed by atoms with van der Waals surface area (Å²) >= 11 is 0. The monoisotopic (exact) mass is 575 g/mol. The molecule has 42 heavy (non-hydrogen) atoms. The number of methoxy groups -OCH3 is 1. The van der Waals surface area contributed by atoms with Crippen molar-refractivity contribution in [3.8, 4) is 22.6 Å². The summed E-state index contributed by atoms with van der Waals surface area (Å²) in [6, 6.07) is 12.9. The molecule has 0 saturated heterocycles. The number of carbonyl (C=O) groups is 2. The molecule has 3 aromatic rings. The van der Waals surface area contributed by atoms with E-state index in [-0.39, 0.29) is 11.2 Å². The van der Waals surface area contributed by atoms with E-state index in [2.05, 4.69) is 21.9 Å². The zero-order valence-electron chi connectivity index (χ0n) is 25.2. The molecular formula is C33H41N3O6. The second-order valence-corrected chi connectivity index (χ2v) is 12.2. The first-order valence-electron chi connectivity index (χ1n) is 14.9. The summed E-state index contributed by atoms with van der Waals surface area (Å²) in [7, 11) is 1.64. The highest BCUT2D eigenvalue weighted by molar-refractivity contribution is 5.94. The molecule has 1 aromatic heterocycles. The third kappa shape index (κ3) is 6.72. The van der Waals surface area contributed by atoms with Crippen LogP contribution in [0.2, 0.25) is 0 Å². The van der Waals surface area contributed by atoms with Crippen LogP contribution in [0.15, 0.2) is 52.0 Å². The lowest BCUT2D eigenvalue weighted by Gasteiger charge is -2.41. The molecule has 1 atom stereocenters. The lowest BCUT2D eigenvalue weighted by Crippen LogP contribution is -2.47. The van der Waals surface area contributed by atoms with E-state index >= 15 is 0 Å². The van der Waals surface area contributed by atoms with E-state index in [1.807, 2.05) is 36.4 Å². The number of aryl methyl sites for hydroxylation is 1. The molecule has 2 heterocycles. The van der Waals surface area contributed by atoms with Crippen molar-refractivity contribution < 1.29 is 28.2 Å². The summed E-state index contributed by atoms with van der Waals surface area (Å²) < 4.78 is 23.6. The minimum Gasteiger partial charge on any atom is -0.497 e. The lowest BCUT2D eigenvalue weighted by molar-refractivity contribution is -0.123. The van der Waals surface area contributed by atoms with Gasteiger partial charge < -0.3 is 23.9 Å². The summed E-state index contributed by atoms with van der Waals surface area (Å²) in [5.41, 5.74) is 5.65. The van der Waals surface area contributed by atoms with E-state index in [0.29, 0.717) is 12.0 Å². The number of hydrogen-bond acceptors (Lipinski definition) is 7. The molecule has 1 aliphatic carbocycles. The summed E-state index contributed by atoms with van der Waals surface area (Å²) in [5.74, 6) is 1.14. The molecule has 0 bridgehead atoms. The number of fused-ring (bicyclic) bond motifs is 2. The van der Waals surface area contributed by atoms with E-state index in [1.165, 1.54) is 24.8 Å². The standard InChI is InChI=1S/C33H41N3O6/c1-6-26(34-31(38)42-32(2,3)4)30(37)36-35-29-19-24(21-10-12-23(39-5)13-11-21)25-18-22-14-17-33(15-8-7-9-16-33)41-27(22)20-28(25)40-29/h10-13,18-20,26H,6-9,14-17H2,1-5H3,(H,34,38)(H,36,37)/b35-29+. The largest absolute Gasteiger partial charge is 0.497 e. The molecule has 2 aromatic carbocycles. The van der Waals surface area contributed by atoms with Gasteiger partial charge >= 0.3 is 6.09 Å². The first kappa shape index (κ1) is 29.5. The molecule has 1 aliphatic heterocycles. The second kappa shape index (κ2) is 12.1. The Morgan fingerprint density at radius 1 is 1.05 bits per heavy atom. The predicted octanol–water partition coefficient (Wildman–Crippen LogP) is 6.37. The van der Waals surface area contributed by atoms with Gasteiger partial charge in [-0.05, 0) is 101 Å². The maximum atomic E-state index is 13.0. The fourth-order valence-corrected chi connectivity index (χ4v) is 5.79. The van der Waals surface area contributed by atoms with E-state index in [4.69, 9.17) is 18.6 Å². The number of nitrogens with zero attached hydrogens (tertiary/aromatic N) is 1. The number of hydrogen-bond donors (Lipinski definition) is 2. The van der Waals surface area contributed by atoms with Crippen LogP contribution in [0.1, 0.15) is 78.2 Å². The quantitative estimate of drug-likeness (QED) is 0.330. The van der Waals surface area contributed by atoms with Crippen molar-refractivity contribution in [2.24, 2.45) is 5.10 Å². The molecule has 2 amide bonds. The van der Waals surface area contributed by atoms with E-state index in [1.54, 1.807) is 34.8 Å². The Balaban J connectivity index is 1.49. The van der Waals surface area contributed by atoms with Gasteiger partial charge in [0, 0.05) is 17.5 Å². The number of ether oxygens (including phenoxy) is 3. The van der Waals surface area contributed by atoms with Crippen molar-refractivity contribution in [2.75, 3.05) is 7.11 Å². The Kier molecular flexibility index (Phi) is 8.48. The van der Waals surface area contributed by atoms with Crippen molar-refractivity contribution in [1.29, 1.82) is 0 Å². The van der Waals surface area contributed by atoms with Crippen molar-refractivity contribution in [3.63, 3.8) is 0 Å². The van der Waals surface area contributed by atoms with Gasteiger partial charge in [0.05, 0.1) is 7.11 Å². The average Bonchev–Trinajstić information content (AvgIpc) is 2.97. The molecule has 5 rings (SSSR count). The highest BCUT2D eigenvalue weighted by Crippen LogP contribution is 2.44. The molecule has 1 unspecified atom stereocenters. The van der Waals surface area contributed by atoms with Crippen LogP contribution >= 0.6 is 0 Å². The molecule has 224 valence electrons. The number of nitrogens with one attached hydrogen (secondary N) is 2. The zero-order chi connectivity index (χ0) is 29.9. The maximum absolute atomic E-state index is 13.0. The first-order valence-corrected chi connectivity index (χ1v) is 14.9. The number of alkyl carbamates (subject to hydrolysis) is 1. The van der Waals surface area contributed by atoms with Crippen LogP contribution in [0.5, 0.6) is 11.5 Å². The molecule has 9 nitrogen and oxygen atoms in total. The Bertz CT molecular complexity index is 1510. The summed E-state index contributed by atoms with van der Waals surface area (Å²) in [6.45, 7) is 7.09. The zero-order valence-corrected chi connectivity index (χ0v) is 25.2. The van der Waals surface area contributed by atoms with Crippen molar-refractivity contribution in [2.45, 2.75) is 96.3 Å². The van der Waals surface area contributed by atoms with Crippen LogP contribution in [0.3, 0.4) is 0 Å². The fourth-order valence-electron chi connectivity index (χ4n) is 5.79. The van der Waals surface area contributed by atoms with Gasteiger partial charge in [-0.15, -0.1) is 5.10 Å². The Morgan fingerprint density at radius 2 is 1.79 bits per heavy atom. The smallest absolute Gasteiger partial charge is 0.408 e. The van der Waals surface area contributed by atoms with Gasteiger partial charge in [-0.1, -0.05) is 25.5 Å². The molecule has 1 fully saturated rings. The van der Waals surface area contributed by atoms with E-state index < -0.39 is 23.6 Å². The number of carbonyl (C=O) groups excluding carboxylic acids is 2. The van der Waals surface area contributed by atoms with Gasteiger partial charge in [0.15, 0.2) is 0 Å². The highest BCUT2D eigenvalue weighted by atomic mass is 16.6. The number of rotatable bonds is 6. The fraction of sp³-hybridized carbons (Fsp3) is 0.485. The van der Waals surface area contributed by atoms with E-state index in [0.717, 1.165) is 53.7 Å². The van der Waals surface area contributed by atoms with Crippen LogP contribution in [-0.4, -0.2) is 36.4 Å². The van der Waals surface area contributed by atoms with Crippen LogP contribution in [0.4, 0.5) is 4.79 Å². The summed E-state index contributed by atoms with van der Waals surface area (Å²) in [6.07, 6.45) is 7.48. The Morgan fingerprint density at radius 3 is 2.45 bits per heavy atom. The van der Waals surface area contributed by atoms with Crippen molar-refractivity contribution >= 4 is 23.0 Å². The van der Waals surface area contributed by atoms with Crippen LogP contribution in [-0.2, 0) is 16.0 Å². The second-order valence-electron chi connectivity index (χ2n) is 12.2. The minimum absolute atomic E-state index is 0.0933. The Hall–Kier alpha value is -4.01. The predicted molar refractivity (Wildman–Crippen MR) is 160 cm³/mol. The molecule has 9 heteroatoms. The molecule has 1 saturated carbocycles. The van der Waals surface area contributed by atoms with Gasteiger partial charge in [0.1, 0.15) is 34.3 Å². The van der Waals surface area contributed by atoms with Crippen molar-refractivity contribution in [1.82, 2.24) is 10.7 Å². The lowest BCUT2D eigenvalue weighted by atomic mass is 9.79. The van der Waals surface area contributed by atoms with Crippen molar-refractivity contribution in [3.05, 3.63) is 53.6 Å². The maximum Gasteiger partial charge on any atom is 0.408 e. The minimum atomic E-state index is -0.822. The SMILES string of the molecule is CCC(NC(=O)OC(C)(C)C)C(=O)N/N=c1\cc(-c2ccc(OC)cc2)c2cc3c(cc2o1)OC1(CCCCC1)CC3. The highest BCUT2D eigenvalue weighted by Gasteiger charge is 2.37. The topological polar surface area (TPSA) is 111 Å². The average molecular weight is 576 g/mol. The normalized spacial score (nSPS) is 17.2.